The van der Waals surface area contributed by atoms with Gasteiger partial charge in [-0.1, -0.05) is 48.5 Å². The Morgan fingerprint density at radius 1 is 1.16 bits per heavy atom. The first-order chi connectivity index (χ1) is 14.9. The minimum atomic E-state index is -1.06. The molecule has 0 aromatic heterocycles. The standard InChI is InChI=1S/C23H24FN3O3S/c1-23(12-11-16-7-3-2-4-8-16)21(29)27(22(30)25-23)15-19(28)26-13-14-31-20(26)17-9-5-6-10-18(17)24/h2-10,20H,11-15H2,1H3,(H,25,30)/t20-,23-/m0/s1. The molecule has 2 aliphatic heterocycles. The third kappa shape index (κ3) is 4.30. The van der Waals surface area contributed by atoms with E-state index in [0.717, 1.165) is 10.5 Å². The van der Waals surface area contributed by atoms with Crippen LogP contribution in [-0.4, -0.2) is 52.0 Å². The number of halogens is 1. The second-order valence-electron chi connectivity index (χ2n) is 7.97. The number of nitrogens with zero attached hydrogens (tertiary/aromatic N) is 2. The highest BCUT2D eigenvalue weighted by Gasteiger charge is 2.48. The summed E-state index contributed by atoms with van der Waals surface area (Å²) in [5.41, 5.74) is 0.447. The molecule has 0 spiro atoms. The van der Waals surface area contributed by atoms with Crippen LogP contribution < -0.4 is 5.32 Å². The summed E-state index contributed by atoms with van der Waals surface area (Å²) >= 11 is 1.47. The van der Waals surface area contributed by atoms with Gasteiger partial charge in [-0.25, -0.2) is 9.18 Å². The van der Waals surface area contributed by atoms with Crippen molar-refractivity contribution in [3.05, 3.63) is 71.5 Å². The Bertz CT molecular complexity index is 1000. The lowest BCUT2D eigenvalue weighted by Crippen LogP contribution is -2.46. The van der Waals surface area contributed by atoms with Crippen LogP contribution in [0, 0.1) is 5.82 Å². The van der Waals surface area contributed by atoms with Crippen molar-refractivity contribution in [2.24, 2.45) is 0 Å². The van der Waals surface area contributed by atoms with Crippen LogP contribution in [0.2, 0.25) is 0 Å². The maximum absolute atomic E-state index is 14.3. The number of nitrogens with one attached hydrogen (secondary N) is 1. The van der Waals surface area contributed by atoms with E-state index in [-0.39, 0.29) is 18.3 Å². The van der Waals surface area contributed by atoms with Crippen molar-refractivity contribution < 1.29 is 18.8 Å². The molecule has 2 fully saturated rings. The molecule has 0 bridgehead atoms. The number of aryl methyl sites for hydroxylation is 1. The number of urea groups is 1. The largest absolute Gasteiger partial charge is 0.325 e. The molecule has 0 saturated carbocycles. The Kier molecular flexibility index (Phi) is 6.00. The molecule has 2 heterocycles. The lowest BCUT2D eigenvalue weighted by molar-refractivity contribution is -0.139. The van der Waals surface area contributed by atoms with Crippen LogP contribution in [0.1, 0.15) is 29.8 Å². The maximum Gasteiger partial charge on any atom is 0.325 e. The topological polar surface area (TPSA) is 69.7 Å². The molecule has 0 aliphatic carbocycles. The molecule has 0 radical (unpaired) electrons. The van der Waals surface area contributed by atoms with Gasteiger partial charge in [0, 0.05) is 17.9 Å². The van der Waals surface area contributed by atoms with Crippen molar-refractivity contribution in [3.8, 4) is 0 Å². The van der Waals surface area contributed by atoms with Gasteiger partial charge in [-0.2, -0.15) is 0 Å². The van der Waals surface area contributed by atoms with Crippen molar-refractivity contribution in [2.45, 2.75) is 30.7 Å². The third-order valence-corrected chi connectivity index (χ3v) is 7.02. The molecule has 4 amide bonds. The van der Waals surface area contributed by atoms with Crippen LogP contribution in [-0.2, 0) is 16.0 Å². The van der Waals surface area contributed by atoms with Crippen LogP contribution in [0.3, 0.4) is 0 Å². The van der Waals surface area contributed by atoms with E-state index in [4.69, 9.17) is 0 Å². The van der Waals surface area contributed by atoms with E-state index < -0.39 is 22.9 Å². The van der Waals surface area contributed by atoms with E-state index >= 15 is 0 Å². The zero-order valence-electron chi connectivity index (χ0n) is 17.2. The predicted molar refractivity (Wildman–Crippen MR) is 117 cm³/mol. The van der Waals surface area contributed by atoms with Crippen LogP contribution in [0.5, 0.6) is 0 Å². The molecule has 162 valence electrons. The SMILES string of the molecule is C[C@@]1(CCc2ccccc2)NC(=O)N(CC(=O)N2CCS[C@H]2c2ccccc2F)C1=O. The van der Waals surface area contributed by atoms with Gasteiger partial charge in [0.15, 0.2) is 0 Å². The summed E-state index contributed by atoms with van der Waals surface area (Å²) in [5, 5.41) is 2.29. The van der Waals surface area contributed by atoms with E-state index in [1.807, 2.05) is 30.3 Å². The minimum absolute atomic E-state index is 0.350. The van der Waals surface area contributed by atoms with Gasteiger partial charge in [-0.05, 0) is 31.4 Å². The molecular formula is C23H24FN3O3S. The average molecular weight is 442 g/mol. The molecule has 4 rings (SSSR count). The second kappa shape index (κ2) is 8.70. The number of thioether (sulfide) groups is 1. The fourth-order valence-electron chi connectivity index (χ4n) is 3.98. The average Bonchev–Trinajstić information content (AvgIpc) is 3.33. The van der Waals surface area contributed by atoms with E-state index in [1.54, 1.807) is 30.0 Å². The fourth-order valence-corrected chi connectivity index (χ4v) is 5.28. The number of hydrogen-bond acceptors (Lipinski definition) is 4. The van der Waals surface area contributed by atoms with Crippen molar-refractivity contribution in [1.29, 1.82) is 0 Å². The predicted octanol–water partition coefficient (Wildman–Crippen LogP) is 3.34. The third-order valence-electron chi connectivity index (χ3n) is 5.78. The van der Waals surface area contributed by atoms with E-state index in [9.17, 15) is 18.8 Å². The van der Waals surface area contributed by atoms with Crippen LogP contribution in [0.25, 0.3) is 0 Å². The van der Waals surface area contributed by atoms with Crippen molar-refractivity contribution in [2.75, 3.05) is 18.8 Å². The Hall–Kier alpha value is -2.87. The number of carbonyl (C=O) groups excluding carboxylic acids is 3. The number of carbonyl (C=O) groups is 3. The smallest absolute Gasteiger partial charge is 0.324 e. The lowest BCUT2D eigenvalue weighted by atomic mass is 9.93. The first kappa shape index (κ1) is 21.4. The van der Waals surface area contributed by atoms with Crippen LogP contribution in [0.4, 0.5) is 9.18 Å². The molecule has 2 saturated heterocycles. The summed E-state index contributed by atoms with van der Waals surface area (Å²) in [6.07, 6.45) is 1.06. The Morgan fingerprint density at radius 2 is 1.87 bits per heavy atom. The zero-order valence-corrected chi connectivity index (χ0v) is 18.0. The summed E-state index contributed by atoms with van der Waals surface area (Å²) in [6.45, 7) is 1.78. The highest BCUT2D eigenvalue weighted by molar-refractivity contribution is 7.99. The number of amides is 4. The molecule has 6 nitrogen and oxygen atoms in total. The van der Waals surface area contributed by atoms with Gasteiger partial charge in [-0.3, -0.25) is 14.5 Å². The van der Waals surface area contributed by atoms with E-state index in [0.29, 0.717) is 30.7 Å². The molecule has 31 heavy (non-hydrogen) atoms. The van der Waals surface area contributed by atoms with Gasteiger partial charge < -0.3 is 10.2 Å². The Labute approximate surface area is 184 Å². The Morgan fingerprint density at radius 3 is 2.61 bits per heavy atom. The van der Waals surface area contributed by atoms with Crippen molar-refractivity contribution >= 4 is 29.6 Å². The summed E-state index contributed by atoms with van der Waals surface area (Å²) in [6, 6.07) is 15.5. The van der Waals surface area contributed by atoms with Gasteiger partial charge in [0.25, 0.3) is 5.91 Å². The molecule has 2 aliphatic rings. The van der Waals surface area contributed by atoms with Gasteiger partial charge in [-0.15, -0.1) is 11.8 Å². The fraction of sp³-hybridized carbons (Fsp3) is 0.348. The van der Waals surface area contributed by atoms with Gasteiger partial charge >= 0.3 is 6.03 Å². The summed E-state index contributed by atoms with van der Waals surface area (Å²) in [4.78, 5) is 41.1. The summed E-state index contributed by atoms with van der Waals surface area (Å²) < 4.78 is 14.3. The molecule has 8 heteroatoms. The monoisotopic (exact) mass is 441 g/mol. The molecule has 2 atom stereocenters. The quantitative estimate of drug-likeness (QED) is 0.698. The number of benzene rings is 2. The first-order valence-corrected chi connectivity index (χ1v) is 11.3. The normalized spacial score (nSPS) is 23.4. The summed E-state index contributed by atoms with van der Waals surface area (Å²) in [5.74, 6) is -0.479. The maximum atomic E-state index is 14.3. The second-order valence-corrected chi connectivity index (χ2v) is 9.16. The minimum Gasteiger partial charge on any atom is -0.324 e. The van der Waals surface area contributed by atoms with Crippen LogP contribution >= 0.6 is 11.8 Å². The van der Waals surface area contributed by atoms with E-state index in [2.05, 4.69) is 5.32 Å². The highest BCUT2D eigenvalue weighted by Crippen LogP contribution is 2.39. The number of hydrogen-bond donors (Lipinski definition) is 1. The first-order valence-electron chi connectivity index (χ1n) is 10.2. The lowest BCUT2D eigenvalue weighted by Gasteiger charge is -2.26. The molecular weight excluding hydrogens is 417 g/mol. The highest BCUT2D eigenvalue weighted by atomic mass is 32.2. The summed E-state index contributed by atoms with van der Waals surface area (Å²) in [7, 11) is 0. The van der Waals surface area contributed by atoms with Gasteiger partial charge in [0.05, 0.1) is 0 Å². The molecule has 0 unspecified atom stereocenters. The molecule has 2 aromatic carbocycles. The molecule has 1 N–H and O–H groups in total. The van der Waals surface area contributed by atoms with Crippen molar-refractivity contribution in [1.82, 2.24) is 15.1 Å². The van der Waals surface area contributed by atoms with Crippen LogP contribution in [0.15, 0.2) is 54.6 Å². The van der Waals surface area contributed by atoms with Gasteiger partial charge in [0.2, 0.25) is 5.91 Å². The van der Waals surface area contributed by atoms with Crippen molar-refractivity contribution in [3.63, 3.8) is 0 Å². The molecule has 2 aromatic rings. The number of rotatable bonds is 6. The number of imide groups is 1. The van der Waals surface area contributed by atoms with Gasteiger partial charge in [0.1, 0.15) is 23.3 Å². The van der Waals surface area contributed by atoms with E-state index in [1.165, 1.54) is 17.8 Å². The zero-order chi connectivity index (χ0) is 22.0. The Balaban J connectivity index is 1.43.